The largest absolute Gasteiger partial charge is 0.444 e. The summed E-state index contributed by atoms with van der Waals surface area (Å²) in [5.74, 6) is 0.00573. The molecule has 3 amide bonds. The SMILES string of the molecule is Cc1ccc(C(C(=O)NCc2ccccc2)N(C(=O)C(CC(C)C)NC(=O)OC(C)(C)C)C(C)CCC(C)C)cc1. The molecule has 0 bridgehead atoms. The maximum atomic E-state index is 14.5. The van der Waals surface area contributed by atoms with Gasteiger partial charge in [0.25, 0.3) is 0 Å². The molecule has 7 heteroatoms. The molecule has 3 atom stereocenters. The van der Waals surface area contributed by atoms with Gasteiger partial charge >= 0.3 is 6.09 Å². The van der Waals surface area contributed by atoms with Gasteiger partial charge in [-0.1, -0.05) is 87.9 Å². The van der Waals surface area contributed by atoms with Crippen molar-refractivity contribution in [3.05, 3.63) is 71.3 Å². The summed E-state index contributed by atoms with van der Waals surface area (Å²) in [6.07, 6.45) is 1.38. The Bertz CT molecular complexity index is 1110. The minimum Gasteiger partial charge on any atom is -0.444 e. The van der Waals surface area contributed by atoms with Gasteiger partial charge in [-0.05, 0) is 76.8 Å². The van der Waals surface area contributed by atoms with Crippen LogP contribution in [0.3, 0.4) is 0 Å². The average molecular weight is 566 g/mol. The minimum absolute atomic E-state index is 0.122. The van der Waals surface area contributed by atoms with Crippen molar-refractivity contribution in [2.45, 2.75) is 112 Å². The molecule has 2 aromatic carbocycles. The number of ether oxygens (including phenoxy) is 1. The van der Waals surface area contributed by atoms with Crippen LogP contribution in [0.25, 0.3) is 0 Å². The lowest BCUT2D eigenvalue weighted by Gasteiger charge is -2.39. The molecule has 3 unspecified atom stereocenters. The first-order chi connectivity index (χ1) is 19.2. The topological polar surface area (TPSA) is 87.7 Å². The molecule has 0 aromatic heterocycles. The predicted octanol–water partition coefficient (Wildman–Crippen LogP) is 6.95. The van der Waals surface area contributed by atoms with E-state index < -0.39 is 23.8 Å². The average Bonchev–Trinajstić information content (AvgIpc) is 2.88. The Balaban J connectivity index is 2.55. The summed E-state index contributed by atoms with van der Waals surface area (Å²) in [5, 5.41) is 5.91. The predicted molar refractivity (Wildman–Crippen MR) is 165 cm³/mol. The maximum absolute atomic E-state index is 14.5. The smallest absolute Gasteiger partial charge is 0.408 e. The van der Waals surface area contributed by atoms with Crippen LogP contribution in [0.5, 0.6) is 0 Å². The molecule has 0 spiro atoms. The number of nitrogens with zero attached hydrogens (tertiary/aromatic N) is 1. The Labute approximate surface area is 247 Å². The van der Waals surface area contributed by atoms with E-state index in [0.717, 1.165) is 29.5 Å². The van der Waals surface area contributed by atoms with Crippen molar-refractivity contribution in [3.8, 4) is 0 Å². The first kappa shape index (κ1) is 33.9. The molecule has 0 radical (unpaired) electrons. The third-order valence-electron chi connectivity index (χ3n) is 6.82. The molecule has 0 aliphatic carbocycles. The highest BCUT2D eigenvalue weighted by atomic mass is 16.6. The second-order valence-corrected chi connectivity index (χ2v) is 12.9. The maximum Gasteiger partial charge on any atom is 0.408 e. The Kier molecular flexibility index (Phi) is 12.9. The molecule has 0 saturated carbocycles. The second-order valence-electron chi connectivity index (χ2n) is 12.9. The third-order valence-corrected chi connectivity index (χ3v) is 6.82. The van der Waals surface area contributed by atoms with Gasteiger partial charge < -0.3 is 20.3 Å². The Hall–Kier alpha value is -3.35. The van der Waals surface area contributed by atoms with Crippen molar-refractivity contribution >= 4 is 17.9 Å². The van der Waals surface area contributed by atoms with Gasteiger partial charge in [0.2, 0.25) is 11.8 Å². The summed E-state index contributed by atoms with van der Waals surface area (Å²) in [5.41, 5.74) is 2.05. The lowest BCUT2D eigenvalue weighted by atomic mass is 9.95. The first-order valence-electron chi connectivity index (χ1n) is 14.9. The number of carbonyl (C=O) groups is 3. The number of amides is 3. The molecule has 7 nitrogen and oxygen atoms in total. The highest BCUT2D eigenvalue weighted by Crippen LogP contribution is 2.29. The minimum atomic E-state index is -0.871. The van der Waals surface area contributed by atoms with Crippen LogP contribution >= 0.6 is 0 Å². The molecule has 41 heavy (non-hydrogen) atoms. The molecule has 2 rings (SSSR count). The van der Waals surface area contributed by atoms with Crippen molar-refractivity contribution in [1.82, 2.24) is 15.5 Å². The van der Waals surface area contributed by atoms with Crippen LogP contribution in [0.1, 0.15) is 97.4 Å². The van der Waals surface area contributed by atoms with E-state index in [0.29, 0.717) is 18.9 Å². The van der Waals surface area contributed by atoms with Crippen molar-refractivity contribution in [3.63, 3.8) is 0 Å². The van der Waals surface area contributed by atoms with Crippen molar-refractivity contribution in [2.75, 3.05) is 0 Å². The zero-order valence-corrected chi connectivity index (χ0v) is 26.5. The van der Waals surface area contributed by atoms with Crippen LogP contribution in [-0.4, -0.2) is 40.5 Å². The molecule has 226 valence electrons. The van der Waals surface area contributed by atoms with E-state index in [-0.39, 0.29) is 23.8 Å². The van der Waals surface area contributed by atoms with Crippen LogP contribution in [0.4, 0.5) is 4.79 Å². The summed E-state index contributed by atoms with van der Waals surface area (Å²) in [4.78, 5) is 43.1. The highest BCUT2D eigenvalue weighted by molar-refractivity contribution is 5.92. The molecule has 2 aromatic rings. The number of benzene rings is 2. The fourth-order valence-electron chi connectivity index (χ4n) is 4.70. The molecule has 0 aliphatic heterocycles. The molecule has 0 saturated heterocycles. The van der Waals surface area contributed by atoms with Gasteiger partial charge in [-0.15, -0.1) is 0 Å². The van der Waals surface area contributed by atoms with Crippen molar-refractivity contribution in [2.24, 2.45) is 11.8 Å². The van der Waals surface area contributed by atoms with E-state index in [1.54, 1.807) is 25.7 Å². The summed E-state index contributed by atoms with van der Waals surface area (Å²) in [7, 11) is 0. The van der Waals surface area contributed by atoms with Crippen molar-refractivity contribution in [1.29, 1.82) is 0 Å². The normalized spacial score (nSPS) is 13.8. The van der Waals surface area contributed by atoms with Crippen LogP contribution in [0, 0.1) is 18.8 Å². The molecular formula is C34H51N3O4. The monoisotopic (exact) mass is 565 g/mol. The van der Waals surface area contributed by atoms with E-state index in [9.17, 15) is 14.4 Å². The Morgan fingerprint density at radius 3 is 2.00 bits per heavy atom. The summed E-state index contributed by atoms with van der Waals surface area (Å²) in [6, 6.07) is 15.5. The quantitative estimate of drug-likeness (QED) is 0.275. The fraction of sp³-hybridized carbons (Fsp3) is 0.559. The number of hydrogen-bond acceptors (Lipinski definition) is 4. The third kappa shape index (κ3) is 11.6. The zero-order valence-electron chi connectivity index (χ0n) is 26.5. The standard InChI is InChI=1S/C34H51N3O4/c1-23(2)15-18-26(6)37(32(39)29(21-24(3)4)36-33(40)41-34(7,8)9)30(28-19-16-25(5)17-20-28)31(38)35-22-27-13-11-10-12-14-27/h10-14,16-17,19-20,23-24,26,29-30H,15,18,21-22H2,1-9H3,(H,35,38)(H,36,40). The van der Waals surface area contributed by atoms with Gasteiger partial charge in [0, 0.05) is 12.6 Å². The summed E-state index contributed by atoms with van der Waals surface area (Å²) in [6.45, 7) is 18.0. The van der Waals surface area contributed by atoms with Crippen LogP contribution in [0.15, 0.2) is 54.6 Å². The Morgan fingerprint density at radius 2 is 1.46 bits per heavy atom. The Morgan fingerprint density at radius 1 is 0.854 bits per heavy atom. The number of hydrogen-bond donors (Lipinski definition) is 2. The van der Waals surface area contributed by atoms with Gasteiger partial charge in [-0.25, -0.2) is 4.79 Å². The molecule has 0 aliphatic rings. The number of rotatable bonds is 13. The van der Waals surface area contributed by atoms with Crippen molar-refractivity contribution < 1.29 is 19.1 Å². The van der Waals surface area contributed by atoms with Crippen LogP contribution < -0.4 is 10.6 Å². The summed E-state index contributed by atoms with van der Waals surface area (Å²) >= 11 is 0. The molecule has 0 fully saturated rings. The van der Waals surface area contributed by atoms with E-state index in [1.807, 2.05) is 82.3 Å². The first-order valence-corrected chi connectivity index (χ1v) is 14.9. The van der Waals surface area contributed by atoms with Gasteiger partial charge in [-0.3, -0.25) is 9.59 Å². The van der Waals surface area contributed by atoms with Crippen LogP contribution in [0.2, 0.25) is 0 Å². The fourth-order valence-corrected chi connectivity index (χ4v) is 4.70. The summed E-state index contributed by atoms with van der Waals surface area (Å²) < 4.78 is 5.51. The number of alkyl carbamates (subject to hydrolysis) is 1. The lowest BCUT2D eigenvalue weighted by molar-refractivity contribution is -0.145. The van der Waals surface area contributed by atoms with Gasteiger partial charge in [0.05, 0.1) is 0 Å². The second kappa shape index (κ2) is 15.6. The highest BCUT2D eigenvalue weighted by Gasteiger charge is 2.39. The van der Waals surface area contributed by atoms with Gasteiger partial charge in [0.1, 0.15) is 17.7 Å². The van der Waals surface area contributed by atoms with E-state index in [2.05, 4.69) is 24.5 Å². The van der Waals surface area contributed by atoms with Crippen LogP contribution in [-0.2, 0) is 20.9 Å². The zero-order chi connectivity index (χ0) is 30.7. The van der Waals surface area contributed by atoms with Gasteiger partial charge in [-0.2, -0.15) is 0 Å². The number of aryl methyl sites for hydroxylation is 1. The van der Waals surface area contributed by atoms with E-state index >= 15 is 0 Å². The lowest BCUT2D eigenvalue weighted by Crippen LogP contribution is -2.55. The molecule has 0 heterocycles. The van der Waals surface area contributed by atoms with E-state index in [1.165, 1.54) is 0 Å². The molecule has 2 N–H and O–H groups in total. The number of nitrogens with one attached hydrogen (secondary N) is 2. The number of carbonyl (C=O) groups excluding carboxylic acids is 3. The van der Waals surface area contributed by atoms with E-state index in [4.69, 9.17) is 4.74 Å². The van der Waals surface area contributed by atoms with Gasteiger partial charge in [0.15, 0.2) is 0 Å². The molecular weight excluding hydrogens is 514 g/mol.